The van der Waals surface area contributed by atoms with Crippen LogP contribution in [0.25, 0.3) is 0 Å². The molecule has 2 aromatic carbocycles. The van der Waals surface area contributed by atoms with Crippen molar-refractivity contribution >= 4 is 17.3 Å². The number of para-hydroxylation sites is 1. The van der Waals surface area contributed by atoms with E-state index in [1.165, 1.54) is 5.69 Å². The number of rotatable bonds is 6. The fourth-order valence-corrected chi connectivity index (χ4v) is 3.03. The van der Waals surface area contributed by atoms with Crippen molar-refractivity contribution in [3.63, 3.8) is 0 Å². The Morgan fingerprint density at radius 2 is 1.68 bits per heavy atom. The Hall–Kier alpha value is -2.69. The van der Waals surface area contributed by atoms with Crippen LogP contribution in [-0.2, 0) is 4.79 Å². The van der Waals surface area contributed by atoms with Gasteiger partial charge in [-0.25, -0.2) is 0 Å². The fraction of sp³-hybridized carbons (Fsp3) is 0.350. The summed E-state index contributed by atoms with van der Waals surface area (Å²) in [6.45, 7) is 3.95. The lowest BCUT2D eigenvalue weighted by Gasteiger charge is -2.36. The van der Waals surface area contributed by atoms with Crippen molar-refractivity contribution < 1.29 is 9.53 Å². The van der Waals surface area contributed by atoms with Crippen molar-refractivity contribution in [2.45, 2.75) is 6.42 Å². The number of hydrogen-bond acceptors (Lipinski definition) is 4. The third-order valence-electron chi connectivity index (χ3n) is 4.51. The van der Waals surface area contributed by atoms with Crippen LogP contribution in [0.3, 0.4) is 0 Å². The third-order valence-corrected chi connectivity index (χ3v) is 4.51. The van der Waals surface area contributed by atoms with Gasteiger partial charge in [-0.05, 0) is 36.4 Å². The smallest absolute Gasteiger partial charge is 0.224 e. The van der Waals surface area contributed by atoms with Gasteiger partial charge >= 0.3 is 0 Å². The van der Waals surface area contributed by atoms with Crippen LogP contribution in [0, 0.1) is 0 Å². The summed E-state index contributed by atoms with van der Waals surface area (Å²) in [4.78, 5) is 16.6. The summed E-state index contributed by atoms with van der Waals surface area (Å²) in [6, 6.07) is 18.1. The molecule has 1 N–H and O–H groups in total. The summed E-state index contributed by atoms with van der Waals surface area (Å²) in [5.41, 5.74) is 2.23. The van der Waals surface area contributed by atoms with Crippen molar-refractivity contribution in [3.05, 3.63) is 54.6 Å². The lowest BCUT2D eigenvalue weighted by Crippen LogP contribution is -2.49. The highest BCUT2D eigenvalue weighted by atomic mass is 16.5. The largest absolute Gasteiger partial charge is 0.497 e. The summed E-state index contributed by atoms with van der Waals surface area (Å²) >= 11 is 0. The molecule has 0 atom stereocenters. The van der Waals surface area contributed by atoms with Crippen LogP contribution in [0.2, 0.25) is 0 Å². The molecule has 132 valence electrons. The number of ether oxygens (including phenoxy) is 1. The predicted octanol–water partition coefficient (Wildman–Crippen LogP) is 2.85. The molecule has 0 aromatic heterocycles. The van der Waals surface area contributed by atoms with E-state index < -0.39 is 0 Å². The summed E-state index contributed by atoms with van der Waals surface area (Å²) < 4.78 is 5.20. The molecular formula is C20H25N3O2. The first-order valence-electron chi connectivity index (χ1n) is 8.72. The normalized spacial score (nSPS) is 14.3. The maximum Gasteiger partial charge on any atom is 0.224 e. The molecule has 1 fully saturated rings. The second-order valence-electron chi connectivity index (χ2n) is 6.11. The SMILES string of the molecule is COc1ccc(N2CCN(C(=O)CCNc3ccccc3)CC2)cc1. The number of benzene rings is 2. The highest BCUT2D eigenvalue weighted by Crippen LogP contribution is 2.20. The molecule has 1 aliphatic heterocycles. The van der Waals surface area contributed by atoms with E-state index in [-0.39, 0.29) is 5.91 Å². The van der Waals surface area contributed by atoms with Crippen molar-refractivity contribution in [1.29, 1.82) is 0 Å². The van der Waals surface area contributed by atoms with E-state index in [0.717, 1.165) is 37.6 Å². The van der Waals surface area contributed by atoms with Crippen LogP contribution in [0.1, 0.15) is 6.42 Å². The summed E-state index contributed by atoms with van der Waals surface area (Å²) in [6.07, 6.45) is 0.525. The number of nitrogens with zero attached hydrogens (tertiary/aromatic N) is 2. The quantitative estimate of drug-likeness (QED) is 0.879. The monoisotopic (exact) mass is 339 g/mol. The molecule has 0 saturated carbocycles. The van der Waals surface area contributed by atoms with E-state index in [1.54, 1.807) is 7.11 Å². The van der Waals surface area contributed by atoms with Gasteiger partial charge in [0.25, 0.3) is 0 Å². The molecule has 1 aliphatic rings. The molecule has 0 unspecified atom stereocenters. The molecule has 1 heterocycles. The summed E-state index contributed by atoms with van der Waals surface area (Å²) in [5.74, 6) is 1.08. The van der Waals surface area contributed by atoms with Crippen LogP contribution in [0.4, 0.5) is 11.4 Å². The molecule has 1 saturated heterocycles. The number of carbonyl (C=O) groups is 1. The van der Waals surface area contributed by atoms with Gasteiger partial charge in [-0.15, -0.1) is 0 Å². The lowest BCUT2D eigenvalue weighted by molar-refractivity contribution is -0.131. The van der Waals surface area contributed by atoms with E-state index in [4.69, 9.17) is 4.74 Å². The number of anilines is 2. The molecule has 0 bridgehead atoms. The first kappa shape index (κ1) is 17.1. The molecule has 0 aliphatic carbocycles. The van der Waals surface area contributed by atoms with Gasteiger partial charge in [0.15, 0.2) is 0 Å². The van der Waals surface area contributed by atoms with Crippen LogP contribution in [-0.4, -0.2) is 50.6 Å². The van der Waals surface area contributed by atoms with Crippen molar-refractivity contribution in [1.82, 2.24) is 4.90 Å². The molecule has 5 nitrogen and oxygen atoms in total. The molecule has 3 rings (SSSR count). The number of piperazine rings is 1. The molecule has 25 heavy (non-hydrogen) atoms. The second-order valence-corrected chi connectivity index (χ2v) is 6.11. The average molecular weight is 339 g/mol. The minimum absolute atomic E-state index is 0.220. The summed E-state index contributed by atoms with van der Waals surface area (Å²) in [5, 5.41) is 3.29. The molecule has 2 aromatic rings. The van der Waals surface area contributed by atoms with Crippen LogP contribution in [0.5, 0.6) is 5.75 Å². The first-order chi connectivity index (χ1) is 12.3. The Morgan fingerprint density at radius 3 is 2.32 bits per heavy atom. The zero-order valence-electron chi connectivity index (χ0n) is 14.6. The van der Waals surface area contributed by atoms with E-state index in [1.807, 2.05) is 47.4 Å². The predicted molar refractivity (Wildman–Crippen MR) is 101 cm³/mol. The van der Waals surface area contributed by atoms with Gasteiger partial charge in [-0.3, -0.25) is 4.79 Å². The highest BCUT2D eigenvalue weighted by molar-refractivity contribution is 5.77. The van der Waals surface area contributed by atoms with Gasteiger partial charge in [0.2, 0.25) is 5.91 Å². The fourth-order valence-electron chi connectivity index (χ4n) is 3.03. The van der Waals surface area contributed by atoms with Crippen LogP contribution >= 0.6 is 0 Å². The third kappa shape index (κ3) is 4.66. The van der Waals surface area contributed by atoms with E-state index >= 15 is 0 Å². The summed E-state index contributed by atoms with van der Waals surface area (Å²) in [7, 11) is 1.67. The number of nitrogens with one attached hydrogen (secondary N) is 1. The first-order valence-corrected chi connectivity index (χ1v) is 8.72. The van der Waals surface area contributed by atoms with E-state index in [9.17, 15) is 4.79 Å². The highest BCUT2D eigenvalue weighted by Gasteiger charge is 2.20. The number of amides is 1. The number of carbonyl (C=O) groups excluding carboxylic acids is 1. The Kier molecular flexibility index (Phi) is 5.77. The van der Waals surface area contributed by atoms with E-state index in [0.29, 0.717) is 13.0 Å². The molecule has 0 radical (unpaired) electrons. The zero-order chi connectivity index (χ0) is 17.5. The van der Waals surface area contributed by atoms with Gasteiger partial charge in [0, 0.05) is 50.5 Å². The maximum atomic E-state index is 12.4. The molecular weight excluding hydrogens is 314 g/mol. The molecule has 0 spiro atoms. The van der Waals surface area contributed by atoms with Crippen LogP contribution < -0.4 is 15.0 Å². The second kappa shape index (κ2) is 8.42. The Bertz CT molecular complexity index is 665. The van der Waals surface area contributed by atoms with Crippen LogP contribution in [0.15, 0.2) is 54.6 Å². The number of methoxy groups -OCH3 is 1. The minimum Gasteiger partial charge on any atom is -0.497 e. The lowest BCUT2D eigenvalue weighted by atomic mass is 10.2. The number of hydrogen-bond donors (Lipinski definition) is 1. The maximum absolute atomic E-state index is 12.4. The van der Waals surface area contributed by atoms with Gasteiger partial charge in [0.05, 0.1) is 7.11 Å². The minimum atomic E-state index is 0.220. The van der Waals surface area contributed by atoms with Gasteiger partial charge in [-0.2, -0.15) is 0 Å². The topological polar surface area (TPSA) is 44.8 Å². The Balaban J connectivity index is 1.42. The Morgan fingerprint density at radius 1 is 1.00 bits per heavy atom. The van der Waals surface area contributed by atoms with Crippen molar-refractivity contribution in [2.24, 2.45) is 0 Å². The standard InChI is InChI=1S/C20H25N3O2/c1-25-19-9-7-18(8-10-19)22-13-15-23(16-14-22)20(24)11-12-21-17-5-3-2-4-6-17/h2-10,21H,11-16H2,1H3. The molecule has 1 amide bonds. The van der Waals surface area contributed by atoms with Crippen molar-refractivity contribution in [2.75, 3.05) is 50.1 Å². The Labute approximate surface area is 149 Å². The zero-order valence-corrected chi connectivity index (χ0v) is 14.6. The average Bonchev–Trinajstić information content (AvgIpc) is 2.69. The van der Waals surface area contributed by atoms with Gasteiger partial charge in [0.1, 0.15) is 5.75 Å². The van der Waals surface area contributed by atoms with E-state index in [2.05, 4.69) is 22.3 Å². The van der Waals surface area contributed by atoms with Crippen molar-refractivity contribution in [3.8, 4) is 5.75 Å². The van der Waals surface area contributed by atoms with Gasteiger partial charge < -0.3 is 19.9 Å². The van der Waals surface area contributed by atoms with Gasteiger partial charge in [-0.1, -0.05) is 18.2 Å². The molecule has 5 heteroatoms.